The summed E-state index contributed by atoms with van der Waals surface area (Å²) in [7, 11) is 1.33. The smallest absolute Gasteiger partial charge is 0.387 e. The first-order chi connectivity index (χ1) is 11.0. The number of carbonyl (C=O) groups excluding carboxylic acids is 1. The van der Waals surface area contributed by atoms with Gasteiger partial charge in [-0.25, -0.2) is 0 Å². The SMILES string of the molecule is COc1ccc(C(=O)NC[C@H]2CCCC[C@@H]2O)cc1OC(F)F. The second kappa shape index (κ2) is 8.10. The number of ether oxygens (including phenoxy) is 2. The van der Waals surface area contributed by atoms with E-state index < -0.39 is 18.6 Å². The van der Waals surface area contributed by atoms with Crippen molar-refractivity contribution in [3.63, 3.8) is 0 Å². The van der Waals surface area contributed by atoms with Gasteiger partial charge in [-0.1, -0.05) is 12.8 Å². The molecule has 23 heavy (non-hydrogen) atoms. The molecule has 1 aliphatic rings. The molecule has 2 N–H and O–H groups in total. The Kier molecular flexibility index (Phi) is 6.15. The van der Waals surface area contributed by atoms with Gasteiger partial charge in [0.05, 0.1) is 13.2 Å². The van der Waals surface area contributed by atoms with Gasteiger partial charge in [-0.15, -0.1) is 0 Å². The zero-order chi connectivity index (χ0) is 16.8. The lowest BCUT2D eigenvalue weighted by Crippen LogP contribution is -2.36. The molecule has 0 spiro atoms. The van der Waals surface area contributed by atoms with Crippen LogP contribution in [0.25, 0.3) is 0 Å². The summed E-state index contributed by atoms with van der Waals surface area (Å²) in [6.07, 6.45) is 3.24. The van der Waals surface area contributed by atoms with Crippen LogP contribution in [0.2, 0.25) is 0 Å². The Labute approximate surface area is 133 Å². The van der Waals surface area contributed by atoms with Crippen molar-refractivity contribution in [1.29, 1.82) is 0 Å². The second-order valence-electron chi connectivity index (χ2n) is 5.57. The van der Waals surface area contributed by atoms with Gasteiger partial charge in [0.2, 0.25) is 0 Å². The van der Waals surface area contributed by atoms with Gasteiger partial charge >= 0.3 is 6.61 Å². The number of alkyl halides is 2. The maximum atomic E-state index is 12.4. The summed E-state index contributed by atoms with van der Waals surface area (Å²) in [6, 6.07) is 4.10. The van der Waals surface area contributed by atoms with Crippen LogP contribution in [-0.4, -0.2) is 37.4 Å². The van der Waals surface area contributed by atoms with Gasteiger partial charge in [0, 0.05) is 18.0 Å². The van der Waals surface area contributed by atoms with E-state index in [4.69, 9.17) is 4.74 Å². The Morgan fingerprint density at radius 2 is 2.09 bits per heavy atom. The quantitative estimate of drug-likeness (QED) is 0.842. The number of rotatable bonds is 6. The first-order valence-electron chi connectivity index (χ1n) is 7.60. The number of aliphatic hydroxyl groups is 1. The highest BCUT2D eigenvalue weighted by Crippen LogP contribution is 2.29. The first-order valence-corrected chi connectivity index (χ1v) is 7.60. The lowest BCUT2D eigenvalue weighted by atomic mass is 9.86. The van der Waals surface area contributed by atoms with Gasteiger partial charge in [0.25, 0.3) is 5.91 Å². The third-order valence-corrected chi connectivity index (χ3v) is 4.04. The summed E-state index contributed by atoms with van der Waals surface area (Å²) in [6.45, 7) is -2.64. The monoisotopic (exact) mass is 329 g/mol. The van der Waals surface area contributed by atoms with Crippen molar-refractivity contribution in [2.45, 2.75) is 38.4 Å². The maximum absolute atomic E-state index is 12.4. The second-order valence-corrected chi connectivity index (χ2v) is 5.57. The fraction of sp³-hybridized carbons (Fsp3) is 0.562. The molecular formula is C16H21F2NO4. The molecule has 0 unspecified atom stereocenters. The Morgan fingerprint density at radius 1 is 1.35 bits per heavy atom. The van der Waals surface area contributed by atoms with Crippen molar-refractivity contribution < 1.29 is 28.2 Å². The first kappa shape index (κ1) is 17.5. The molecule has 0 bridgehead atoms. The minimum atomic E-state index is -3.00. The highest BCUT2D eigenvalue weighted by Gasteiger charge is 2.23. The van der Waals surface area contributed by atoms with Crippen LogP contribution >= 0.6 is 0 Å². The number of methoxy groups -OCH3 is 1. The number of hydrogen-bond donors (Lipinski definition) is 2. The molecule has 1 amide bonds. The van der Waals surface area contributed by atoms with Crippen molar-refractivity contribution in [3.05, 3.63) is 23.8 Å². The van der Waals surface area contributed by atoms with E-state index in [1.54, 1.807) is 0 Å². The van der Waals surface area contributed by atoms with Crippen LogP contribution in [0, 0.1) is 5.92 Å². The van der Waals surface area contributed by atoms with Crippen LogP contribution < -0.4 is 14.8 Å². The Morgan fingerprint density at radius 3 is 2.74 bits per heavy atom. The lowest BCUT2D eigenvalue weighted by Gasteiger charge is -2.27. The number of carbonyl (C=O) groups is 1. The van der Waals surface area contributed by atoms with E-state index in [1.165, 1.54) is 25.3 Å². The summed E-state index contributed by atoms with van der Waals surface area (Å²) < 4.78 is 34.1. The average Bonchev–Trinajstić information content (AvgIpc) is 2.53. The van der Waals surface area contributed by atoms with E-state index in [0.29, 0.717) is 6.54 Å². The summed E-state index contributed by atoms with van der Waals surface area (Å²) in [5.74, 6) is -0.426. The molecule has 1 saturated carbocycles. The van der Waals surface area contributed by atoms with Crippen LogP contribution in [-0.2, 0) is 0 Å². The van der Waals surface area contributed by atoms with Gasteiger partial charge in [-0.05, 0) is 31.0 Å². The molecule has 0 heterocycles. The third-order valence-electron chi connectivity index (χ3n) is 4.04. The molecule has 128 valence electrons. The highest BCUT2D eigenvalue weighted by molar-refractivity contribution is 5.94. The number of hydrogen-bond acceptors (Lipinski definition) is 4. The molecule has 1 aromatic rings. The van der Waals surface area contributed by atoms with Crippen LogP contribution in [0.1, 0.15) is 36.0 Å². The van der Waals surface area contributed by atoms with Crippen molar-refractivity contribution in [2.24, 2.45) is 5.92 Å². The van der Waals surface area contributed by atoms with Crippen LogP contribution in [0.3, 0.4) is 0 Å². The van der Waals surface area contributed by atoms with Crippen molar-refractivity contribution in [3.8, 4) is 11.5 Å². The van der Waals surface area contributed by atoms with Crippen molar-refractivity contribution in [2.75, 3.05) is 13.7 Å². The van der Waals surface area contributed by atoms with Crippen LogP contribution in [0.4, 0.5) is 8.78 Å². The Bertz CT molecular complexity index is 539. The van der Waals surface area contributed by atoms with E-state index in [0.717, 1.165) is 25.7 Å². The molecule has 0 saturated heterocycles. The largest absolute Gasteiger partial charge is 0.493 e. The van der Waals surface area contributed by atoms with Gasteiger partial charge < -0.3 is 19.9 Å². The number of aliphatic hydroxyl groups excluding tert-OH is 1. The standard InChI is InChI=1S/C16H21F2NO4/c1-22-13-7-6-10(8-14(13)23-16(17)18)15(21)19-9-11-4-2-3-5-12(11)20/h6-8,11-12,16,20H,2-5,9H2,1H3,(H,19,21)/t11-,12+/m1/s1. The van der Waals surface area contributed by atoms with Crippen LogP contribution in [0.15, 0.2) is 18.2 Å². The molecule has 0 aliphatic heterocycles. The van der Waals surface area contributed by atoms with Crippen LogP contribution in [0.5, 0.6) is 11.5 Å². The fourth-order valence-electron chi connectivity index (χ4n) is 2.76. The number of nitrogens with one attached hydrogen (secondary N) is 1. The number of amides is 1. The highest BCUT2D eigenvalue weighted by atomic mass is 19.3. The Hall–Kier alpha value is -1.89. The minimum absolute atomic E-state index is 0.0303. The summed E-state index contributed by atoms with van der Waals surface area (Å²) >= 11 is 0. The van der Waals surface area contributed by atoms with E-state index >= 15 is 0 Å². The predicted octanol–water partition coefficient (Wildman–Crippen LogP) is 2.58. The molecule has 0 radical (unpaired) electrons. The van der Waals surface area contributed by atoms with E-state index in [2.05, 4.69) is 10.1 Å². The molecule has 0 aromatic heterocycles. The van der Waals surface area contributed by atoms with Gasteiger partial charge in [0.1, 0.15) is 0 Å². The molecule has 1 fully saturated rings. The molecule has 2 rings (SSSR count). The third kappa shape index (κ3) is 4.79. The average molecular weight is 329 g/mol. The van der Waals surface area contributed by atoms with Gasteiger partial charge in [0.15, 0.2) is 11.5 Å². The predicted molar refractivity (Wildman–Crippen MR) is 79.9 cm³/mol. The zero-order valence-corrected chi connectivity index (χ0v) is 12.9. The zero-order valence-electron chi connectivity index (χ0n) is 12.9. The topological polar surface area (TPSA) is 67.8 Å². The summed E-state index contributed by atoms with van der Waals surface area (Å²) in [4.78, 5) is 12.2. The summed E-state index contributed by atoms with van der Waals surface area (Å²) in [5.41, 5.74) is 0.201. The lowest BCUT2D eigenvalue weighted by molar-refractivity contribution is -0.0512. The van der Waals surface area contributed by atoms with E-state index in [1.807, 2.05) is 0 Å². The number of benzene rings is 1. The number of halogens is 2. The maximum Gasteiger partial charge on any atom is 0.387 e. The molecule has 1 aliphatic carbocycles. The summed E-state index contributed by atoms with van der Waals surface area (Å²) in [5, 5.41) is 12.6. The fourth-order valence-corrected chi connectivity index (χ4v) is 2.76. The van der Waals surface area contributed by atoms with E-state index in [9.17, 15) is 18.7 Å². The molecular weight excluding hydrogens is 308 g/mol. The normalized spacial score (nSPS) is 21.1. The molecule has 2 atom stereocenters. The van der Waals surface area contributed by atoms with E-state index in [-0.39, 0.29) is 23.0 Å². The van der Waals surface area contributed by atoms with Crippen molar-refractivity contribution >= 4 is 5.91 Å². The molecule has 7 heteroatoms. The molecule has 1 aromatic carbocycles. The van der Waals surface area contributed by atoms with Crippen molar-refractivity contribution in [1.82, 2.24) is 5.32 Å². The minimum Gasteiger partial charge on any atom is -0.493 e. The molecule has 5 nitrogen and oxygen atoms in total. The van der Waals surface area contributed by atoms with Gasteiger partial charge in [-0.3, -0.25) is 4.79 Å². The Balaban J connectivity index is 2.01. The van der Waals surface area contributed by atoms with Gasteiger partial charge in [-0.2, -0.15) is 8.78 Å².